The summed E-state index contributed by atoms with van der Waals surface area (Å²) in [5.74, 6) is 0.950. The molecule has 110 valence electrons. The molecule has 0 aliphatic carbocycles. The Bertz CT molecular complexity index is 595. The van der Waals surface area contributed by atoms with E-state index in [2.05, 4.69) is 5.32 Å². The summed E-state index contributed by atoms with van der Waals surface area (Å²) in [5.41, 5.74) is 1.13. The molecule has 0 bridgehead atoms. The minimum absolute atomic E-state index is 0.0688. The predicted molar refractivity (Wildman–Crippen MR) is 84.0 cm³/mol. The van der Waals surface area contributed by atoms with E-state index >= 15 is 0 Å². The number of hydrogen-bond donors (Lipinski definition) is 1. The third kappa shape index (κ3) is 2.94. The van der Waals surface area contributed by atoms with E-state index < -0.39 is 0 Å². The van der Waals surface area contributed by atoms with Gasteiger partial charge in [-0.1, -0.05) is 18.2 Å². The highest BCUT2D eigenvalue weighted by atomic mass is 32.1. The van der Waals surface area contributed by atoms with E-state index in [0.29, 0.717) is 0 Å². The van der Waals surface area contributed by atoms with Gasteiger partial charge in [0.2, 0.25) is 0 Å². The van der Waals surface area contributed by atoms with Gasteiger partial charge in [-0.2, -0.15) is 0 Å². The topological polar surface area (TPSA) is 41.6 Å². The number of thiophene rings is 1. The van der Waals surface area contributed by atoms with Crippen LogP contribution in [0.1, 0.15) is 21.3 Å². The van der Waals surface area contributed by atoms with Gasteiger partial charge in [0.1, 0.15) is 5.75 Å². The molecule has 4 nitrogen and oxygen atoms in total. The minimum atomic E-state index is 0.0688. The van der Waals surface area contributed by atoms with Gasteiger partial charge in [0.15, 0.2) is 0 Å². The standard InChI is InChI=1S/C16H18N2O2S/c1-20-13-6-4-12(5-7-13)14-11-17-8-9-18(14)16(19)15-3-2-10-21-15/h2-7,10,14,17H,8-9,11H2,1H3/t14-/m1/s1. The van der Waals surface area contributed by atoms with Gasteiger partial charge >= 0.3 is 0 Å². The molecule has 2 aromatic rings. The van der Waals surface area contributed by atoms with Crippen molar-refractivity contribution in [1.29, 1.82) is 0 Å². The number of hydrogen-bond acceptors (Lipinski definition) is 4. The second kappa shape index (κ2) is 6.28. The van der Waals surface area contributed by atoms with Gasteiger partial charge in [-0.25, -0.2) is 0 Å². The Kier molecular flexibility index (Phi) is 4.22. The number of rotatable bonds is 3. The number of methoxy groups -OCH3 is 1. The SMILES string of the molecule is COc1ccc([C@H]2CNCCN2C(=O)c2cccs2)cc1. The number of benzene rings is 1. The van der Waals surface area contributed by atoms with Gasteiger partial charge in [0, 0.05) is 19.6 Å². The van der Waals surface area contributed by atoms with Crippen LogP contribution >= 0.6 is 11.3 Å². The van der Waals surface area contributed by atoms with Crippen LogP contribution in [-0.2, 0) is 0 Å². The number of nitrogens with zero attached hydrogens (tertiary/aromatic N) is 1. The van der Waals surface area contributed by atoms with Gasteiger partial charge < -0.3 is 15.0 Å². The molecule has 1 aliphatic heterocycles. The van der Waals surface area contributed by atoms with Crippen LogP contribution in [0.5, 0.6) is 5.75 Å². The normalized spacial score (nSPS) is 18.5. The zero-order valence-electron chi connectivity index (χ0n) is 11.9. The molecule has 21 heavy (non-hydrogen) atoms. The van der Waals surface area contributed by atoms with Crippen molar-refractivity contribution < 1.29 is 9.53 Å². The van der Waals surface area contributed by atoms with Crippen LogP contribution in [0.4, 0.5) is 0 Å². The highest BCUT2D eigenvalue weighted by molar-refractivity contribution is 7.12. The van der Waals surface area contributed by atoms with E-state index in [4.69, 9.17) is 4.74 Å². The summed E-state index contributed by atoms with van der Waals surface area (Å²) >= 11 is 1.50. The monoisotopic (exact) mass is 302 g/mol. The number of piperazine rings is 1. The molecule has 1 amide bonds. The summed E-state index contributed by atoms with van der Waals surface area (Å²) < 4.78 is 5.20. The van der Waals surface area contributed by atoms with Crippen molar-refractivity contribution in [3.63, 3.8) is 0 Å². The van der Waals surface area contributed by atoms with Crippen LogP contribution in [0, 0.1) is 0 Å². The average Bonchev–Trinajstić information content (AvgIpc) is 3.09. The first kappa shape index (κ1) is 14.1. The van der Waals surface area contributed by atoms with Crippen molar-refractivity contribution in [2.45, 2.75) is 6.04 Å². The summed E-state index contributed by atoms with van der Waals surface area (Å²) in [5, 5.41) is 5.31. The molecule has 1 fully saturated rings. The lowest BCUT2D eigenvalue weighted by molar-refractivity contribution is 0.0639. The molecular weight excluding hydrogens is 284 g/mol. The van der Waals surface area contributed by atoms with Gasteiger partial charge in [0.05, 0.1) is 18.0 Å². The molecule has 1 aromatic carbocycles. The first-order chi connectivity index (χ1) is 10.3. The van der Waals surface area contributed by atoms with Crippen molar-refractivity contribution in [1.82, 2.24) is 10.2 Å². The fourth-order valence-electron chi connectivity index (χ4n) is 2.61. The van der Waals surface area contributed by atoms with E-state index in [-0.39, 0.29) is 11.9 Å². The van der Waals surface area contributed by atoms with Crippen LogP contribution in [0.3, 0.4) is 0 Å². The Hall–Kier alpha value is -1.85. The van der Waals surface area contributed by atoms with Crippen molar-refractivity contribution in [3.05, 3.63) is 52.2 Å². The molecular formula is C16H18N2O2S. The van der Waals surface area contributed by atoms with Crippen LogP contribution in [0.25, 0.3) is 0 Å². The minimum Gasteiger partial charge on any atom is -0.497 e. The van der Waals surface area contributed by atoms with Crippen molar-refractivity contribution in [2.24, 2.45) is 0 Å². The summed E-state index contributed by atoms with van der Waals surface area (Å²) in [4.78, 5) is 15.4. The van der Waals surface area contributed by atoms with E-state index in [1.807, 2.05) is 46.7 Å². The third-order valence-electron chi connectivity index (χ3n) is 3.74. The maximum Gasteiger partial charge on any atom is 0.264 e. The highest BCUT2D eigenvalue weighted by Gasteiger charge is 2.28. The molecule has 0 spiro atoms. The Labute approximate surface area is 128 Å². The second-order valence-corrected chi connectivity index (χ2v) is 5.92. The highest BCUT2D eigenvalue weighted by Crippen LogP contribution is 2.26. The van der Waals surface area contributed by atoms with Crippen LogP contribution in [-0.4, -0.2) is 37.6 Å². The van der Waals surface area contributed by atoms with Gasteiger partial charge in [-0.3, -0.25) is 4.79 Å². The number of nitrogens with one attached hydrogen (secondary N) is 1. The zero-order chi connectivity index (χ0) is 14.7. The molecule has 3 rings (SSSR count). The molecule has 1 N–H and O–H groups in total. The lowest BCUT2D eigenvalue weighted by atomic mass is 10.0. The van der Waals surface area contributed by atoms with Crippen LogP contribution in [0.15, 0.2) is 41.8 Å². The van der Waals surface area contributed by atoms with Gasteiger partial charge in [-0.05, 0) is 29.1 Å². The van der Waals surface area contributed by atoms with E-state index in [9.17, 15) is 4.79 Å². The zero-order valence-corrected chi connectivity index (χ0v) is 12.7. The Morgan fingerprint density at radius 1 is 1.33 bits per heavy atom. The molecule has 1 saturated heterocycles. The lowest BCUT2D eigenvalue weighted by Crippen LogP contribution is -2.48. The molecule has 0 radical (unpaired) electrons. The van der Waals surface area contributed by atoms with Gasteiger partial charge in [0.25, 0.3) is 5.91 Å². The number of amides is 1. The van der Waals surface area contributed by atoms with Crippen LogP contribution < -0.4 is 10.1 Å². The molecule has 0 unspecified atom stereocenters. The fourth-order valence-corrected chi connectivity index (χ4v) is 3.29. The molecule has 5 heteroatoms. The smallest absolute Gasteiger partial charge is 0.264 e. The van der Waals surface area contributed by atoms with Crippen molar-refractivity contribution in [2.75, 3.05) is 26.7 Å². The maximum absolute atomic E-state index is 12.7. The van der Waals surface area contributed by atoms with E-state index in [0.717, 1.165) is 35.8 Å². The Morgan fingerprint density at radius 3 is 2.81 bits per heavy atom. The number of carbonyl (C=O) groups is 1. The third-order valence-corrected chi connectivity index (χ3v) is 4.59. The predicted octanol–water partition coefficient (Wildman–Crippen LogP) is 2.54. The average molecular weight is 302 g/mol. The molecule has 1 aromatic heterocycles. The van der Waals surface area contributed by atoms with Crippen molar-refractivity contribution in [3.8, 4) is 5.75 Å². The van der Waals surface area contributed by atoms with E-state index in [1.165, 1.54) is 11.3 Å². The number of ether oxygens (including phenoxy) is 1. The first-order valence-electron chi connectivity index (χ1n) is 6.99. The summed E-state index contributed by atoms with van der Waals surface area (Å²) in [6.07, 6.45) is 0. The summed E-state index contributed by atoms with van der Waals surface area (Å²) in [6.45, 7) is 2.35. The van der Waals surface area contributed by atoms with Crippen molar-refractivity contribution >= 4 is 17.2 Å². The summed E-state index contributed by atoms with van der Waals surface area (Å²) in [6, 6.07) is 11.8. The first-order valence-corrected chi connectivity index (χ1v) is 7.86. The molecule has 1 atom stereocenters. The Balaban J connectivity index is 1.85. The number of carbonyl (C=O) groups excluding carboxylic acids is 1. The second-order valence-electron chi connectivity index (χ2n) is 4.97. The van der Waals surface area contributed by atoms with E-state index in [1.54, 1.807) is 7.11 Å². The largest absolute Gasteiger partial charge is 0.497 e. The fraction of sp³-hybridized carbons (Fsp3) is 0.312. The van der Waals surface area contributed by atoms with Crippen LogP contribution in [0.2, 0.25) is 0 Å². The maximum atomic E-state index is 12.7. The molecule has 2 heterocycles. The molecule has 0 saturated carbocycles. The lowest BCUT2D eigenvalue weighted by Gasteiger charge is -2.36. The summed E-state index contributed by atoms with van der Waals surface area (Å²) in [7, 11) is 1.66. The Morgan fingerprint density at radius 2 is 2.14 bits per heavy atom. The van der Waals surface area contributed by atoms with Gasteiger partial charge in [-0.15, -0.1) is 11.3 Å². The molecule has 1 aliphatic rings. The quantitative estimate of drug-likeness (QED) is 0.947.